The Balaban J connectivity index is 1.76. The summed E-state index contributed by atoms with van der Waals surface area (Å²) in [5, 5.41) is 11.6. The van der Waals surface area contributed by atoms with Gasteiger partial charge in [-0.1, -0.05) is 36.7 Å². The van der Waals surface area contributed by atoms with Gasteiger partial charge < -0.3 is 9.47 Å². The van der Waals surface area contributed by atoms with Crippen molar-refractivity contribution in [1.82, 2.24) is 19.7 Å². The molecule has 12 heteroatoms. The number of benzene rings is 2. The Morgan fingerprint density at radius 3 is 2.34 bits per heavy atom. The molecule has 0 aliphatic rings. The average molecular weight is 534 g/mol. The van der Waals surface area contributed by atoms with E-state index in [2.05, 4.69) is 19.9 Å². The second-order valence-electron chi connectivity index (χ2n) is 7.49. The first-order valence-electron chi connectivity index (χ1n) is 10.7. The van der Waals surface area contributed by atoms with Gasteiger partial charge in [-0.25, -0.2) is 13.4 Å². The standard InChI is InChI=1S/C23H24ClN5O4S2/c1-4-17-14-34-22(25-17)21-26-27-23(29(21)20-18(32-2)6-5-7-19(20)33-3)28-35(30,31)13-12-15-8-10-16(24)11-9-15/h5-11,14H,4,12-13H2,1-3H3,(H,27,28). The van der Waals surface area contributed by atoms with Crippen LogP contribution in [0.1, 0.15) is 18.2 Å². The molecule has 0 amide bonds. The van der Waals surface area contributed by atoms with Crippen LogP contribution in [0.3, 0.4) is 0 Å². The lowest BCUT2D eigenvalue weighted by molar-refractivity contribution is 0.391. The number of nitrogens with one attached hydrogen (secondary N) is 1. The lowest BCUT2D eigenvalue weighted by Gasteiger charge is -2.17. The smallest absolute Gasteiger partial charge is 0.243 e. The van der Waals surface area contributed by atoms with Crippen molar-refractivity contribution < 1.29 is 17.9 Å². The number of rotatable bonds is 10. The molecule has 0 unspecified atom stereocenters. The van der Waals surface area contributed by atoms with Crippen LogP contribution in [0.5, 0.6) is 11.5 Å². The molecule has 184 valence electrons. The van der Waals surface area contributed by atoms with Crippen LogP contribution in [0.15, 0.2) is 47.8 Å². The molecule has 35 heavy (non-hydrogen) atoms. The Bertz CT molecular complexity index is 1400. The highest BCUT2D eigenvalue weighted by Crippen LogP contribution is 2.38. The minimum Gasteiger partial charge on any atom is -0.494 e. The molecule has 0 atom stereocenters. The van der Waals surface area contributed by atoms with E-state index in [1.54, 1.807) is 47.0 Å². The maximum Gasteiger partial charge on any atom is 0.243 e. The van der Waals surface area contributed by atoms with Crippen molar-refractivity contribution in [2.75, 3.05) is 24.7 Å². The summed E-state index contributed by atoms with van der Waals surface area (Å²) in [5.74, 6) is 1.13. The first kappa shape index (κ1) is 25.0. The summed E-state index contributed by atoms with van der Waals surface area (Å²) in [5.41, 5.74) is 2.21. The molecule has 0 radical (unpaired) electrons. The van der Waals surface area contributed by atoms with Crippen molar-refractivity contribution in [2.45, 2.75) is 19.8 Å². The summed E-state index contributed by atoms with van der Waals surface area (Å²) in [7, 11) is -0.737. The van der Waals surface area contributed by atoms with Crippen LogP contribution < -0.4 is 14.2 Å². The van der Waals surface area contributed by atoms with E-state index < -0.39 is 10.0 Å². The summed E-state index contributed by atoms with van der Waals surface area (Å²) < 4.78 is 41.4. The first-order valence-corrected chi connectivity index (χ1v) is 13.6. The van der Waals surface area contributed by atoms with Crippen molar-refractivity contribution in [2.24, 2.45) is 0 Å². The Morgan fingerprint density at radius 1 is 1.06 bits per heavy atom. The zero-order valence-corrected chi connectivity index (χ0v) is 21.7. The van der Waals surface area contributed by atoms with Gasteiger partial charge in [0.25, 0.3) is 0 Å². The van der Waals surface area contributed by atoms with Crippen LogP contribution in [0, 0.1) is 0 Å². The third-order valence-corrected chi connectivity index (χ3v) is 7.59. The Labute approximate surface area is 212 Å². The maximum atomic E-state index is 13.0. The molecule has 0 aliphatic heterocycles. The summed E-state index contributed by atoms with van der Waals surface area (Å²) in [4.78, 5) is 4.61. The molecular formula is C23H24ClN5O4S2. The number of methoxy groups -OCH3 is 2. The largest absolute Gasteiger partial charge is 0.494 e. The highest BCUT2D eigenvalue weighted by Gasteiger charge is 2.26. The van der Waals surface area contributed by atoms with Gasteiger partial charge in [0.1, 0.15) is 17.2 Å². The number of halogens is 1. The Morgan fingerprint density at radius 2 is 1.74 bits per heavy atom. The monoisotopic (exact) mass is 533 g/mol. The molecular weight excluding hydrogens is 510 g/mol. The number of sulfonamides is 1. The number of aromatic nitrogens is 4. The highest BCUT2D eigenvalue weighted by molar-refractivity contribution is 7.92. The fraction of sp³-hybridized carbons (Fsp3) is 0.261. The van der Waals surface area contributed by atoms with Gasteiger partial charge in [-0.3, -0.25) is 9.29 Å². The third-order valence-electron chi connectivity index (χ3n) is 5.21. The maximum absolute atomic E-state index is 13.0. The predicted octanol–water partition coefficient (Wildman–Crippen LogP) is 4.61. The molecule has 0 aliphatic carbocycles. The fourth-order valence-corrected chi connectivity index (χ4v) is 5.44. The molecule has 0 saturated heterocycles. The normalized spacial score (nSPS) is 11.4. The fourth-order valence-electron chi connectivity index (χ4n) is 3.42. The van der Waals surface area contributed by atoms with Crippen molar-refractivity contribution >= 4 is 38.9 Å². The van der Waals surface area contributed by atoms with Gasteiger partial charge in [-0.2, -0.15) is 0 Å². The zero-order valence-electron chi connectivity index (χ0n) is 19.4. The molecule has 0 spiro atoms. The van der Waals surface area contributed by atoms with Gasteiger partial charge in [0.15, 0.2) is 10.8 Å². The van der Waals surface area contributed by atoms with Gasteiger partial charge >= 0.3 is 0 Å². The van der Waals surface area contributed by atoms with Gasteiger partial charge in [0.2, 0.25) is 16.0 Å². The molecule has 2 heterocycles. The predicted molar refractivity (Wildman–Crippen MR) is 138 cm³/mol. The first-order chi connectivity index (χ1) is 16.8. The van der Waals surface area contributed by atoms with Crippen LogP contribution in [-0.4, -0.2) is 48.1 Å². The van der Waals surface area contributed by atoms with Gasteiger partial charge in [0.05, 0.1) is 25.7 Å². The van der Waals surface area contributed by atoms with E-state index in [-0.39, 0.29) is 11.7 Å². The van der Waals surface area contributed by atoms with E-state index >= 15 is 0 Å². The van der Waals surface area contributed by atoms with Gasteiger partial charge in [-0.05, 0) is 42.7 Å². The minimum atomic E-state index is -3.79. The molecule has 9 nitrogen and oxygen atoms in total. The van der Waals surface area contributed by atoms with E-state index in [0.717, 1.165) is 17.7 Å². The summed E-state index contributed by atoms with van der Waals surface area (Å²) in [6, 6.07) is 12.3. The number of anilines is 1. The van der Waals surface area contributed by atoms with E-state index in [4.69, 9.17) is 21.1 Å². The van der Waals surface area contributed by atoms with E-state index in [9.17, 15) is 8.42 Å². The molecule has 0 saturated carbocycles. The molecule has 2 aromatic heterocycles. The number of nitrogens with zero attached hydrogens (tertiary/aromatic N) is 4. The van der Waals surface area contributed by atoms with Crippen LogP contribution in [0.2, 0.25) is 5.02 Å². The molecule has 1 N–H and O–H groups in total. The SMILES string of the molecule is CCc1csc(-c2nnc(NS(=O)(=O)CCc3ccc(Cl)cc3)n2-c2c(OC)cccc2OC)n1. The van der Waals surface area contributed by atoms with Crippen LogP contribution in [0.4, 0.5) is 5.95 Å². The van der Waals surface area contributed by atoms with E-state index in [1.165, 1.54) is 25.6 Å². The van der Waals surface area contributed by atoms with Crippen LogP contribution in [0.25, 0.3) is 16.5 Å². The molecule has 0 bridgehead atoms. The number of para-hydroxylation sites is 1. The number of thiazole rings is 1. The topological polar surface area (TPSA) is 108 Å². The molecule has 2 aromatic carbocycles. The number of hydrogen-bond donors (Lipinski definition) is 1. The molecule has 4 rings (SSSR count). The van der Waals surface area contributed by atoms with Crippen molar-refractivity contribution in [3.63, 3.8) is 0 Å². The summed E-state index contributed by atoms with van der Waals surface area (Å²) in [6.07, 6.45) is 1.06. The van der Waals surface area contributed by atoms with Gasteiger partial charge in [-0.15, -0.1) is 21.5 Å². The van der Waals surface area contributed by atoms with Crippen molar-refractivity contribution in [1.29, 1.82) is 0 Å². The van der Waals surface area contributed by atoms with Gasteiger partial charge in [0, 0.05) is 10.4 Å². The number of hydrogen-bond acceptors (Lipinski definition) is 8. The molecule has 4 aromatic rings. The van der Waals surface area contributed by atoms with E-state index in [0.29, 0.717) is 39.5 Å². The number of aryl methyl sites for hydroxylation is 2. The Kier molecular flexibility index (Phi) is 7.58. The lowest BCUT2D eigenvalue weighted by Crippen LogP contribution is -2.21. The quantitative estimate of drug-likeness (QED) is 0.317. The van der Waals surface area contributed by atoms with Crippen LogP contribution >= 0.6 is 22.9 Å². The lowest BCUT2D eigenvalue weighted by atomic mass is 10.2. The third kappa shape index (κ3) is 5.58. The summed E-state index contributed by atoms with van der Waals surface area (Å²) in [6.45, 7) is 2.01. The zero-order chi connectivity index (χ0) is 25.0. The number of ether oxygens (including phenoxy) is 2. The van der Waals surface area contributed by atoms with Crippen LogP contribution in [-0.2, 0) is 22.9 Å². The Hall–Kier alpha value is -3.15. The van der Waals surface area contributed by atoms with E-state index in [1.807, 2.05) is 12.3 Å². The second-order valence-corrected chi connectivity index (χ2v) is 10.6. The highest BCUT2D eigenvalue weighted by atomic mass is 35.5. The minimum absolute atomic E-state index is 0.00662. The molecule has 0 fully saturated rings. The summed E-state index contributed by atoms with van der Waals surface area (Å²) >= 11 is 7.32. The van der Waals surface area contributed by atoms with Crippen molar-refractivity contribution in [3.05, 3.63) is 64.1 Å². The average Bonchev–Trinajstić information content (AvgIpc) is 3.49. The second kappa shape index (κ2) is 10.6. The van der Waals surface area contributed by atoms with Crippen molar-refractivity contribution in [3.8, 4) is 28.0 Å².